The summed E-state index contributed by atoms with van der Waals surface area (Å²) in [7, 11) is 0. The molecule has 0 saturated carbocycles. The number of aryl methyl sites for hydroxylation is 1. The number of aromatic nitrogens is 3. The van der Waals surface area contributed by atoms with Gasteiger partial charge in [0, 0.05) is 55.2 Å². The molecule has 0 atom stereocenters. The SMILES string of the molecule is Cc1ccc(-c2nsc(N3CCNCC3)n2)cn1. The summed E-state index contributed by atoms with van der Waals surface area (Å²) >= 11 is 1.46. The highest BCUT2D eigenvalue weighted by molar-refractivity contribution is 7.09. The predicted molar refractivity (Wildman–Crippen MR) is 73.0 cm³/mol. The average molecular weight is 261 g/mol. The highest BCUT2D eigenvalue weighted by Gasteiger charge is 2.15. The van der Waals surface area contributed by atoms with Crippen LogP contribution in [0.5, 0.6) is 0 Å². The number of nitrogens with one attached hydrogen (secondary N) is 1. The first kappa shape index (κ1) is 11.6. The molecule has 1 saturated heterocycles. The van der Waals surface area contributed by atoms with Crippen LogP contribution >= 0.6 is 11.5 Å². The van der Waals surface area contributed by atoms with Crippen LogP contribution in [0, 0.1) is 6.92 Å². The summed E-state index contributed by atoms with van der Waals surface area (Å²) in [6.45, 7) is 6.01. The van der Waals surface area contributed by atoms with E-state index in [2.05, 4.69) is 24.6 Å². The molecular weight excluding hydrogens is 246 g/mol. The summed E-state index contributed by atoms with van der Waals surface area (Å²) in [4.78, 5) is 11.2. The summed E-state index contributed by atoms with van der Waals surface area (Å²) < 4.78 is 4.42. The van der Waals surface area contributed by atoms with Gasteiger partial charge in [0.25, 0.3) is 0 Å². The number of piperazine rings is 1. The van der Waals surface area contributed by atoms with E-state index in [-0.39, 0.29) is 0 Å². The van der Waals surface area contributed by atoms with Crippen LogP contribution in [0.1, 0.15) is 5.69 Å². The maximum atomic E-state index is 4.60. The summed E-state index contributed by atoms with van der Waals surface area (Å²) in [5.41, 5.74) is 1.99. The van der Waals surface area contributed by atoms with Crippen LogP contribution in [0.25, 0.3) is 11.4 Å². The van der Waals surface area contributed by atoms with Gasteiger partial charge in [-0.2, -0.15) is 9.36 Å². The fraction of sp³-hybridized carbons (Fsp3) is 0.417. The van der Waals surface area contributed by atoms with Gasteiger partial charge in [0.1, 0.15) is 0 Å². The molecule has 1 aliphatic heterocycles. The molecule has 1 aliphatic rings. The monoisotopic (exact) mass is 261 g/mol. The normalized spacial score (nSPS) is 15.9. The van der Waals surface area contributed by atoms with Gasteiger partial charge < -0.3 is 10.2 Å². The Morgan fingerprint density at radius 2 is 2.11 bits per heavy atom. The van der Waals surface area contributed by atoms with Crippen molar-refractivity contribution in [3.63, 3.8) is 0 Å². The van der Waals surface area contributed by atoms with Crippen LogP contribution in [0.3, 0.4) is 0 Å². The lowest BCUT2D eigenvalue weighted by Gasteiger charge is -2.26. The minimum Gasteiger partial charge on any atom is -0.344 e. The van der Waals surface area contributed by atoms with Gasteiger partial charge >= 0.3 is 0 Å². The van der Waals surface area contributed by atoms with Crippen molar-refractivity contribution in [1.29, 1.82) is 0 Å². The quantitative estimate of drug-likeness (QED) is 0.883. The third kappa shape index (κ3) is 2.34. The topological polar surface area (TPSA) is 53.9 Å². The van der Waals surface area contributed by atoms with Crippen LogP contribution < -0.4 is 10.2 Å². The lowest BCUT2D eigenvalue weighted by molar-refractivity contribution is 0.588. The molecule has 94 valence electrons. The van der Waals surface area contributed by atoms with Gasteiger partial charge in [-0.1, -0.05) is 0 Å². The van der Waals surface area contributed by atoms with Crippen molar-refractivity contribution in [2.24, 2.45) is 0 Å². The van der Waals surface area contributed by atoms with Gasteiger partial charge in [0.05, 0.1) is 0 Å². The van der Waals surface area contributed by atoms with Crippen molar-refractivity contribution in [3.8, 4) is 11.4 Å². The first-order valence-corrected chi connectivity index (χ1v) is 6.83. The van der Waals surface area contributed by atoms with Gasteiger partial charge in [-0.25, -0.2) is 0 Å². The van der Waals surface area contributed by atoms with Gasteiger partial charge in [-0.05, 0) is 19.1 Å². The minimum absolute atomic E-state index is 0.779. The van der Waals surface area contributed by atoms with E-state index >= 15 is 0 Å². The van der Waals surface area contributed by atoms with Crippen molar-refractivity contribution in [3.05, 3.63) is 24.0 Å². The van der Waals surface area contributed by atoms with Crippen LogP contribution in [0.15, 0.2) is 18.3 Å². The van der Waals surface area contributed by atoms with Gasteiger partial charge in [0.15, 0.2) is 5.82 Å². The molecule has 0 aliphatic carbocycles. The lowest BCUT2D eigenvalue weighted by atomic mass is 10.2. The standard InChI is InChI=1S/C12H15N5S/c1-9-2-3-10(8-14-9)11-15-12(18-16-11)17-6-4-13-5-7-17/h2-3,8,13H,4-7H2,1H3. The molecule has 5 nitrogen and oxygen atoms in total. The van der Waals surface area contributed by atoms with Crippen LogP contribution in [-0.2, 0) is 0 Å². The number of hydrogen-bond donors (Lipinski definition) is 1. The number of nitrogens with zero attached hydrogens (tertiary/aromatic N) is 4. The molecule has 2 aromatic heterocycles. The smallest absolute Gasteiger partial charge is 0.205 e. The van der Waals surface area contributed by atoms with E-state index in [1.165, 1.54) is 11.5 Å². The second kappa shape index (κ2) is 4.99. The fourth-order valence-corrected chi connectivity index (χ4v) is 2.66. The second-order valence-electron chi connectivity index (χ2n) is 4.33. The molecule has 2 aromatic rings. The van der Waals surface area contributed by atoms with Crippen LogP contribution in [0.2, 0.25) is 0 Å². The first-order valence-electron chi connectivity index (χ1n) is 6.05. The third-order valence-corrected chi connectivity index (χ3v) is 3.75. The van der Waals surface area contributed by atoms with E-state index in [0.717, 1.165) is 48.4 Å². The molecule has 0 spiro atoms. The molecule has 18 heavy (non-hydrogen) atoms. The lowest BCUT2D eigenvalue weighted by Crippen LogP contribution is -2.43. The Balaban J connectivity index is 1.82. The van der Waals surface area contributed by atoms with Crippen molar-refractivity contribution < 1.29 is 0 Å². The summed E-state index contributed by atoms with van der Waals surface area (Å²) in [5, 5.41) is 4.34. The zero-order valence-corrected chi connectivity index (χ0v) is 11.1. The van der Waals surface area contributed by atoms with Crippen LogP contribution in [-0.4, -0.2) is 40.5 Å². The molecule has 6 heteroatoms. The minimum atomic E-state index is 0.779. The Morgan fingerprint density at radius 1 is 1.28 bits per heavy atom. The molecule has 3 rings (SSSR count). The predicted octanol–water partition coefficient (Wildman–Crippen LogP) is 1.32. The first-order chi connectivity index (χ1) is 8.83. The van der Waals surface area contributed by atoms with Gasteiger partial charge in [0.2, 0.25) is 5.13 Å². The second-order valence-corrected chi connectivity index (χ2v) is 5.06. The average Bonchev–Trinajstić information content (AvgIpc) is 2.90. The van der Waals surface area contributed by atoms with Crippen molar-refractivity contribution in [2.75, 3.05) is 31.1 Å². The van der Waals surface area contributed by atoms with Gasteiger partial charge in [-0.3, -0.25) is 4.98 Å². The Kier molecular flexibility index (Phi) is 3.21. The van der Waals surface area contributed by atoms with E-state index in [1.807, 2.05) is 25.3 Å². The molecule has 0 amide bonds. The van der Waals surface area contributed by atoms with Gasteiger partial charge in [-0.15, -0.1) is 0 Å². The Morgan fingerprint density at radius 3 is 2.83 bits per heavy atom. The van der Waals surface area contributed by atoms with Crippen molar-refractivity contribution >= 4 is 16.7 Å². The molecule has 1 N–H and O–H groups in total. The Bertz CT molecular complexity index is 516. The van der Waals surface area contributed by atoms with E-state index in [1.54, 1.807) is 0 Å². The van der Waals surface area contributed by atoms with Crippen LogP contribution in [0.4, 0.5) is 5.13 Å². The number of hydrogen-bond acceptors (Lipinski definition) is 6. The highest BCUT2D eigenvalue weighted by atomic mass is 32.1. The van der Waals surface area contributed by atoms with E-state index < -0.39 is 0 Å². The molecule has 3 heterocycles. The number of rotatable bonds is 2. The van der Waals surface area contributed by atoms with E-state index in [0.29, 0.717) is 0 Å². The number of anilines is 1. The van der Waals surface area contributed by atoms with Crippen molar-refractivity contribution in [2.45, 2.75) is 6.92 Å². The third-order valence-electron chi connectivity index (χ3n) is 2.97. The van der Waals surface area contributed by atoms with E-state index in [9.17, 15) is 0 Å². The summed E-state index contributed by atoms with van der Waals surface area (Å²) in [5.74, 6) is 0.779. The maximum Gasteiger partial charge on any atom is 0.205 e. The summed E-state index contributed by atoms with van der Waals surface area (Å²) in [6.07, 6.45) is 1.83. The summed E-state index contributed by atoms with van der Waals surface area (Å²) in [6, 6.07) is 4.01. The fourth-order valence-electron chi connectivity index (χ4n) is 1.92. The number of pyridine rings is 1. The molecular formula is C12H15N5S. The molecule has 0 unspecified atom stereocenters. The zero-order chi connectivity index (χ0) is 12.4. The zero-order valence-electron chi connectivity index (χ0n) is 10.3. The maximum absolute atomic E-state index is 4.60. The molecule has 0 aromatic carbocycles. The molecule has 0 radical (unpaired) electrons. The molecule has 0 bridgehead atoms. The highest BCUT2D eigenvalue weighted by Crippen LogP contribution is 2.23. The Hall–Kier alpha value is -1.53. The van der Waals surface area contributed by atoms with Crippen molar-refractivity contribution in [1.82, 2.24) is 19.7 Å². The largest absolute Gasteiger partial charge is 0.344 e. The van der Waals surface area contributed by atoms with E-state index in [4.69, 9.17) is 0 Å². The molecule has 1 fully saturated rings. The Labute approximate surface area is 110 Å².